The average molecular weight is 286 g/mol. The van der Waals surface area contributed by atoms with E-state index in [1.807, 2.05) is 46.0 Å². The van der Waals surface area contributed by atoms with Crippen LogP contribution in [0.4, 0.5) is 0 Å². The van der Waals surface area contributed by atoms with Crippen LogP contribution < -0.4 is 5.32 Å². The van der Waals surface area contributed by atoms with E-state index in [0.717, 1.165) is 34.6 Å². The summed E-state index contributed by atoms with van der Waals surface area (Å²) in [5, 5.41) is 10.1. The first kappa shape index (κ1) is 15.2. The normalized spacial score (nSPS) is 12.2. The molecule has 0 fully saturated rings. The summed E-state index contributed by atoms with van der Waals surface area (Å²) in [6, 6.07) is 3.94. The molecule has 0 aromatic carbocycles. The standard InChI is InChI=1S/C16H22N4O/c1-5-14(15-7-6-10(2)9-17-15)18-16(21)8-13-11(3)19-20-12(13)4/h6-7,9,14H,5,8H2,1-4H3,(H,18,21)(H,19,20)/t14-/m0/s1. The molecule has 0 aliphatic carbocycles. The Morgan fingerprint density at radius 2 is 2.10 bits per heavy atom. The maximum atomic E-state index is 12.2. The monoisotopic (exact) mass is 286 g/mol. The van der Waals surface area contributed by atoms with Gasteiger partial charge < -0.3 is 5.32 Å². The predicted molar refractivity (Wildman–Crippen MR) is 81.9 cm³/mol. The number of rotatable bonds is 5. The van der Waals surface area contributed by atoms with E-state index in [1.54, 1.807) is 0 Å². The molecule has 5 nitrogen and oxygen atoms in total. The topological polar surface area (TPSA) is 70.7 Å². The second kappa shape index (κ2) is 6.52. The van der Waals surface area contributed by atoms with Gasteiger partial charge in [-0.15, -0.1) is 0 Å². The number of H-pyrrole nitrogens is 1. The third kappa shape index (κ3) is 3.68. The van der Waals surface area contributed by atoms with E-state index in [2.05, 4.69) is 20.5 Å². The van der Waals surface area contributed by atoms with Gasteiger partial charge in [-0.3, -0.25) is 14.9 Å². The van der Waals surface area contributed by atoms with Crippen molar-refractivity contribution in [2.24, 2.45) is 0 Å². The number of aromatic nitrogens is 3. The molecular formula is C16H22N4O. The lowest BCUT2D eigenvalue weighted by atomic mass is 10.1. The second-order valence-corrected chi connectivity index (χ2v) is 5.38. The number of carbonyl (C=O) groups excluding carboxylic acids is 1. The van der Waals surface area contributed by atoms with Gasteiger partial charge in [0.15, 0.2) is 0 Å². The van der Waals surface area contributed by atoms with Gasteiger partial charge in [0.05, 0.1) is 23.9 Å². The van der Waals surface area contributed by atoms with E-state index in [1.165, 1.54) is 0 Å². The number of nitrogens with zero attached hydrogens (tertiary/aromatic N) is 2. The summed E-state index contributed by atoms with van der Waals surface area (Å²) in [7, 11) is 0. The third-order valence-corrected chi connectivity index (χ3v) is 3.65. The molecule has 2 N–H and O–H groups in total. The highest BCUT2D eigenvalue weighted by Crippen LogP contribution is 2.16. The van der Waals surface area contributed by atoms with Gasteiger partial charge in [-0.1, -0.05) is 13.0 Å². The number of carbonyl (C=O) groups is 1. The summed E-state index contributed by atoms with van der Waals surface area (Å²) in [5.74, 6) is -0.00294. The molecule has 0 saturated heterocycles. The third-order valence-electron chi connectivity index (χ3n) is 3.65. The Kier molecular flexibility index (Phi) is 4.73. The number of amides is 1. The maximum absolute atomic E-state index is 12.2. The first-order chi connectivity index (χ1) is 10.0. The molecule has 2 heterocycles. The molecule has 5 heteroatoms. The molecule has 0 spiro atoms. The van der Waals surface area contributed by atoms with E-state index in [9.17, 15) is 4.79 Å². The van der Waals surface area contributed by atoms with E-state index in [0.29, 0.717) is 6.42 Å². The highest BCUT2D eigenvalue weighted by Gasteiger charge is 2.16. The quantitative estimate of drug-likeness (QED) is 0.887. The minimum absolute atomic E-state index is 0.00294. The van der Waals surface area contributed by atoms with Gasteiger partial charge in [0.2, 0.25) is 5.91 Å². The highest BCUT2D eigenvalue weighted by molar-refractivity contribution is 5.79. The first-order valence-electron chi connectivity index (χ1n) is 7.23. The fourth-order valence-corrected chi connectivity index (χ4v) is 2.31. The first-order valence-corrected chi connectivity index (χ1v) is 7.23. The van der Waals surface area contributed by atoms with Gasteiger partial charge in [-0.2, -0.15) is 5.10 Å². The van der Waals surface area contributed by atoms with E-state index >= 15 is 0 Å². The number of aryl methyl sites for hydroxylation is 3. The molecule has 2 aromatic heterocycles. The van der Waals surface area contributed by atoms with Crippen LogP contribution in [-0.2, 0) is 11.2 Å². The Bertz CT molecular complexity index is 596. The number of aromatic amines is 1. The van der Waals surface area contributed by atoms with E-state index < -0.39 is 0 Å². The van der Waals surface area contributed by atoms with Crippen LogP contribution in [0.25, 0.3) is 0 Å². The number of hydrogen-bond donors (Lipinski definition) is 2. The Hall–Kier alpha value is -2.17. The fourth-order valence-electron chi connectivity index (χ4n) is 2.31. The van der Waals surface area contributed by atoms with Crippen molar-refractivity contribution in [2.45, 2.75) is 46.6 Å². The fraction of sp³-hybridized carbons (Fsp3) is 0.438. The zero-order valence-corrected chi connectivity index (χ0v) is 13.0. The van der Waals surface area contributed by atoms with Crippen LogP contribution in [0.15, 0.2) is 18.3 Å². The molecular weight excluding hydrogens is 264 g/mol. The minimum atomic E-state index is -0.0504. The molecule has 2 rings (SSSR count). The molecule has 0 aliphatic rings. The van der Waals surface area contributed by atoms with Crippen LogP contribution in [0, 0.1) is 20.8 Å². The van der Waals surface area contributed by atoms with Crippen molar-refractivity contribution in [1.82, 2.24) is 20.5 Å². The van der Waals surface area contributed by atoms with Gasteiger partial charge in [0.1, 0.15) is 0 Å². The number of nitrogens with one attached hydrogen (secondary N) is 2. The van der Waals surface area contributed by atoms with Crippen LogP contribution in [0.3, 0.4) is 0 Å². The van der Waals surface area contributed by atoms with Crippen molar-refractivity contribution in [3.8, 4) is 0 Å². The Morgan fingerprint density at radius 1 is 1.33 bits per heavy atom. The van der Waals surface area contributed by atoms with Crippen LogP contribution in [0.2, 0.25) is 0 Å². The van der Waals surface area contributed by atoms with Crippen LogP contribution in [0.1, 0.15) is 47.6 Å². The van der Waals surface area contributed by atoms with Crippen LogP contribution in [0.5, 0.6) is 0 Å². The molecule has 0 saturated carbocycles. The summed E-state index contributed by atoms with van der Waals surface area (Å²) in [6.45, 7) is 7.88. The van der Waals surface area contributed by atoms with Gasteiger partial charge in [0.25, 0.3) is 0 Å². The average Bonchev–Trinajstić information content (AvgIpc) is 2.78. The van der Waals surface area contributed by atoms with Crippen LogP contribution >= 0.6 is 0 Å². The van der Waals surface area contributed by atoms with Crippen molar-refractivity contribution in [1.29, 1.82) is 0 Å². The largest absolute Gasteiger partial charge is 0.347 e. The SMILES string of the molecule is CC[C@H](NC(=O)Cc1c(C)n[nH]c1C)c1ccc(C)cn1. The zero-order chi connectivity index (χ0) is 15.4. The molecule has 1 atom stereocenters. The van der Waals surface area contributed by atoms with E-state index in [-0.39, 0.29) is 11.9 Å². The lowest BCUT2D eigenvalue weighted by molar-refractivity contribution is -0.121. The van der Waals surface area contributed by atoms with Crippen LogP contribution in [-0.4, -0.2) is 21.1 Å². The highest BCUT2D eigenvalue weighted by atomic mass is 16.1. The molecule has 0 unspecified atom stereocenters. The summed E-state index contributed by atoms with van der Waals surface area (Å²) in [4.78, 5) is 16.6. The van der Waals surface area contributed by atoms with Crippen molar-refractivity contribution < 1.29 is 4.79 Å². The molecule has 112 valence electrons. The van der Waals surface area contributed by atoms with Gasteiger partial charge in [-0.05, 0) is 38.8 Å². The zero-order valence-electron chi connectivity index (χ0n) is 13.0. The summed E-state index contributed by atoms with van der Waals surface area (Å²) in [5.41, 5.74) is 4.81. The molecule has 0 radical (unpaired) electrons. The molecule has 0 aliphatic heterocycles. The van der Waals surface area contributed by atoms with Crippen molar-refractivity contribution in [2.75, 3.05) is 0 Å². The summed E-state index contributed by atoms with van der Waals surface area (Å²) >= 11 is 0. The minimum Gasteiger partial charge on any atom is -0.347 e. The summed E-state index contributed by atoms with van der Waals surface area (Å²) in [6.07, 6.45) is 2.98. The van der Waals surface area contributed by atoms with Gasteiger partial charge in [-0.25, -0.2) is 0 Å². The van der Waals surface area contributed by atoms with Crippen molar-refractivity contribution in [3.05, 3.63) is 46.5 Å². The van der Waals surface area contributed by atoms with E-state index in [4.69, 9.17) is 0 Å². The van der Waals surface area contributed by atoms with Crippen molar-refractivity contribution in [3.63, 3.8) is 0 Å². The van der Waals surface area contributed by atoms with Gasteiger partial charge in [0, 0.05) is 17.5 Å². The molecule has 1 amide bonds. The number of pyridine rings is 1. The Labute approximate surface area is 125 Å². The predicted octanol–water partition coefficient (Wildman–Crippen LogP) is 2.54. The van der Waals surface area contributed by atoms with Gasteiger partial charge >= 0.3 is 0 Å². The Morgan fingerprint density at radius 3 is 2.62 bits per heavy atom. The number of hydrogen-bond acceptors (Lipinski definition) is 3. The molecule has 21 heavy (non-hydrogen) atoms. The lowest BCUT2D eigenvalue weighted by Crippen LogP contribution is -2.30. The molecule has 2 aromatic rings. The van der Waals surface area contributed by atoms with Crippen molar-refractivity contribution >= 4 is 5.91 Å². The Balaban J connectivity index is 2.05. The molecule has 0 bridgehead atoms. The lowest BCUT2D eigenvalue weighted by Gasteiger charge is -2.16. The smallest absolute Gasteiger partial charge is 0.225 e. The second-order valence-electron chi connectivity index (χ2n) is 5.38. The maximum Gasteiger partial charge on any atom is 0.225 e. The summed E-state index contributed by atoms with van der Waals surface area (Å²) < 4.78 is 0.